The number of halogens is 1. The van der Waals surface area contributed by atoms with Gasteiger partial charge < -0.3 is 10.6 Å². The fourth-order valence-electron chi connectivity index (χ4n) is 4.10. The Morgan fingerprint density at radius 3 is 2.29 bits per heavy atom. The Morgan fingerprint density at radius 2 is 1.62 bits per heavy atom. The van der Waals surface area contributed by atoms with Crippen molar-refractivity contribution in [3.8, 4) is 0 Å². The fourth-order valence-corrected chi connectivity index (χ4v) is 5.62. The Hall–Kier alpha value is -3.23. The van der Waals surface area contributed by atoms with Gasteiger partial charge in [0.15, 0.2) is 0 Å². The summed E-state index contributed by atoms with van der Waals surface area (Å²) in [7, 11) is -3.78. The zero-order valence-corrected chi connectivity index (χ0v) is 19.8. The standard InChI is InChI=1S/C26H28FN3O3S/c1-19(20-6-3-2-4-7-20)28-23-11-13-24(14-12-23)29-26(31)21-8-5-17-30(18-21)34(32,33)25-15-9-22(27)10-16-25/h2-4,6-7,9-16,19,21,28H,5,8,17-18H2,1H3,(H,29,31). The number of amides is 1. The lowest BCUT2D eigenvalue weighted by Gasteiger charge is -2.31. The van der Waals surface area contributed by atoms with Crippen LogP contribution in [0.1, 0.15) is 31.4 Å². The summed E-state index contributed by atoms with van der Waals surface area (Å²) >= 11 is 0. The second kappa shape index (κ2) is 10.4. The second-order valence-corrected chi connectivity index (χ2v) is 10.4. The van der Waals surface area contributed by atoms with Gasteiger partial charge in [-0.15, -0.1) is 0 Å². The van der Waals surface area contributed by atoms with Gasteiger partial charge in [-0.05, 0) is 73.9 Å². The van der Waals surface area contributed by atoms with Crippen LogP contribution in [-0.4, -0.2) is 31.7 Å². The number of sulfonamides is 1. The predicted octanol–water partition coefficient (Wildman–Crippen LogP) is 5.04. The molecule has 8 heteroatoms. The SMILES string of the molecule is CC(Nc1ccc(NC(=O)C2CCCN(S(=O)(=O)c3ccc(F)cc3)C2)cc1)c1ccccc1. The normalized spacial score (nSPS) is 17.6. The summed E-state index contributed by atoms with van der Waals surface area (Å²) < 4.78 is 40.3. The van der Waals surface area contributed by atoms with E-state index in [2.05, 4.69) is 29.7 Å². The van der Waals surface area contributed by atoms with Crippen LogP contribution in [0, 0.1) is 11.7 Å². The average molecular weight is 482 g/mol. The molecule has 3 aromatic rings. The monoisotopic (exact) mass is 481 g/mol. The van der Waals surface area contributed by atoms with Crippen LogP contribution in [0.5, 0.6) is 0 Å². The van der Waals surface area contributed by atoms with Crippen LogP contribution in [0.15, 0.2) is 83.8 Å². The molecular weight excluding hydrogens is 453 g/mol. The first-order valence-corrected chi connectivity index (χ1v) is 12.7. The Balaban J connectivity index is 1.36. The molecule has 0 saturated carbocycles. The molecule has 0 radical (unpaired) electrons. The summed E-state index contributed by atoms with van der Waals surface area (Å²) in [5.74, 6) is -1.16. The third-order valence-corrected chi connectivity index (χ3v) is 7.92. The summed E-state index contributed by atoms with van der Waals surface area (Å²) in [5, 5.41) is 6.34. The largest absolute Gasteiger partial charge is 0.379 e. The van der Waals surface area contributed by atoms with E-state index in [0.717, 1.165) is 17.8 Å². The molecule has 34 heavy (non-hydrogen) atoms. The van der Waals surface area contributed by atoms with Crippen molar-refractivity contribution in [3.63, 3.8) is 0 Å². The van der Waals surface area contributed by atoms with Gasteiger partial charge in [0.1, 0.15) is 5.82 Å². The Kier molecular flexibility index (Phi) is 7.29. The van der Waals surface area contributed by atoms with Crippen LogP contribution < -0.4 is 10.6 Å². The number of benzene rings is 3. The van der Waals surface area contributed by atoms with E-state index in [0.29, 0.717) is 25.1 Å². The Bertz CT molecular complexity index is 1220. The van der Waals surface area contributed by atoms with E-state index in [4.69, 9.17) is 0 Å². The molecular formula is C26H28FN3O3S. The number of hydrogen-bond donors (Lipinski definition) is 2. The van der Waals surface area contributed by atoms with Crippen LogP contribution in [0.4, 0.5) is 15.8 Å². The molecule has 4 rings (SSSR count). The number of nitrogens with one attached hydrogen (secondary N) is 2. The Morgan fingerprint density at radius 1 is 0.971 bits per heavy atom. The van der Waals surface area contributed by atoms with Gasteiger partial charge in [0.2, 0.25) is 15.9 Å². The van der Waals surface area contributed by atoms with Crippen molar-refractivity contribution in [2.45, 2.75) is 30.7 Å². The van der Waals surface area contributed by atoms with Gasteiger partial charge in [-0.3, -0.25) is 4.79 Å². The van der Waals surface area contributed by atoms with Crippen LogP contribution in [0.3, 0.4) is 0 Å². The van der Waals surface area contributed by atoms with Gasteiger partial charge in [-0.1, -0.05) is 30.3 Å². The zero-order valence-electron chi connectivity index (χ0n) is 18.9. The van der Waals surface area contributed by atoms with Crippen LogP contribution in [0.25, 0.3) is 0 Å². The van der Waals surface area contributed by atoms with Crippen molar-refractivity contribution in [2.75, 3.05) is 23.7 Å². The zero-order chi connectivity index (χ0) is 24.1. The molecule has 0 aliphatic carbocycles. The minimum absolute atomic E-state index is 0.0304. The first-order valence-electron chi connectivity index (χ1n) is 11.3. The van der Waals surface area contributed by atoms with E-state index < -0.39 is 21.8 Å². The van der Waals surface area contributed by atoms with Crippen molar-refractivity contribution in [3.05, 3.63) is 90.2 Å². The number of carbonyl (C=O) groups is 1. The molecule has 1 fully saturated rings. The van der Waals surface area contributed by atoms with Crippen molar-refractivity contribution in [1.82, 2.24) is 4.31 Å². The number of anilines is 2. The topological polar surface area (TPSA) is 78.5 Å². The first-order chi connectivity index (χ1) is 16.3. The van der Waals surface area contributed by atoms with Crippen molar-refractivity contribution in [1.29, 1.82) is 0 Å². The van der Waals surface area contributed by atoms with Crippen molar-refractivity contribution >= 4 is 27.3 Å². The maximum Gasteiger partial charge on any atom is 0.243 e. The minimum Gasteiger partial charge on any atom is -0.379 e. The highest BCUT2D eigenvalue weighted by Gasteiger charge is 2.33. The summed E-state index contributed by atoms with van der Waals surface area (Å²) in [6.07, 6.45) is 1.19. The summed E-state index contributed by atoms with van der Waals surface area (Å²) in [6.45, 7) is 2.52. The van der Waals surface area contributed by atoms with Gasteiger partial charge in [0, 0.05) is 30.5 Å². The second-order valence-electron chi connectivity index (χ2n) is 8.50. The summed E-state index contributed by atoms with van der Waals surface area (Å²) in [6, 6.07) is 22.5. The van der Waals surface area contributed by atoms with Gasteiger partial charge in [0.05, 0.1) is 10.8 Å². The maximum atomic E-state index is 13.2. The molecule has 1 amide bonds. The molecule has 1 heterocycles. The van der Waals surface area contributed by atoms with Crippen LogP contribution >= 0.6 is 0 Å². The fraction of sp³-hybridized carbons (Fsp3) is 0.269. The highest BCUT2D eigenvalue weighted by atomic mass is 32.2. The highest BCUT2D eigenvalue weighted by molar-refractivity contribution is 7.89. The van der Waals surface area contributed by atoms with E-state index in [1.54, 1.807) is 0 Å². The smallest absolute Gasteiger partial charge is 0.243 e. The van der Waals surface area contributed by atoms with E-state index in [1.807, 2.05) is 42.5 Å². The first kappa shape index (κ1) is 23.9. The van der Waals surface area contributed by atoms with Gasteiger partial charge in [0.25, 0.3) is 0 Å². The number of rotatable bonds is 7. The maximum absolute atomic E-state index is 13.2. The molecule has 1 aliphatic rings. The van der Waals surface area contributed by atoms with Crippen molar-refractivity contribution in [2.24, 2.45) is 5.92 Å². The molecule has 1 aliphatic heterocycles. The number of hydrogen-bond acceptors (Lipinski definition) is 4. The lowest BCUT2D eigenvalue weighted by Crippen LogP contribution is -2.43. The summed E-state index contributed by atoms with van der Waals surface area (Å²) in [4.78, 5) is 12.9. The average Bonchev–Trinajstić information content (AvgIpc) is 2.86. The van der Waals surface area contributed by atoms with E-state index >= 15 is 0 Å². The van der Waals surface area contributed by atoms with E-state index in [-0.39, 0.29) is 23.4 Å². The molecule has 178 valence electrons. The number of nitrogens with zero attached hydrogens (tertiary/aromatic N) is 1. The lowest BCUT2D eigenvalue weighted by molar-refractivity contribution is -0.120. The van der Waals surface area contributed by atoms with Gasteiger partial charge in [-0.25, -0.2) is 12.8 Å². The molecule has 2 N–H and O–H groups in total. The predicted molar refractivity (Wildman–Crippen MR) is 131 cm³/mol. The lowest BCUT2D eigenvalue weighted by atomic mass is 9.98. The molecule has 0 bridgehead atoms. The quantitative estimate of drug-likeness (QED) is 0.496. The molecule has 2 unspecified atom stereocenters. The molecule has 2 atom stereocenters. The molecule has 3 aromatic carbocycles. The highest BCUT2D eigenvalue weighted by Crippen LogP contribution is 2.26. The number of piperidine rings is 1. The molecule has 0 aromatic heterocycles. The van der Waals surface area contributed by atoms with Crippen molar-refractivity contribution < 1.29 is 17.6 Å². The summed E-state index contributed by atoms with van der Waals surface area (Å²) in [5.41, 5.74) is 2.77. The molecule has 0 spiro atoms. The van der Waals surface area contributed by atoms with E-state index in [1.165, 1.54) is 22.0 Å². The van der Waals surface area contributed by atoms with E-state index in [9.17, 15) is 17.6 Å². The Labute approximate surface area is 199 Å². The van der Waals surface area contributed by atoms with Gasteiger partial charge in [-0.2, -0.15) is 4.31 Å². The number of carbonyl (C=O) groups excluding carboxylic acids is 1. The molecule has 6 nitrogen and oxygen atoms in total. The molecule has 1 saturated heterocycles. The minimum atomic E-state index is -3.78. The van der Waals surface area contributed by atoms with Crippen LogP contribution in [0.2, 0.25) is 0 Å². The third-order valence-electron chi connectivity index (χ3n) is 6.04. The van der Waals surface area contributed by atoms with Crippen LogP contribution in [-0.2, 0) is 14.8 Å². The van der Waals surface area contributed by atoms with Gasteiger partial charge >= 0.3 is 0 Å². The third kappa shape index (κ3) is 5.63.